The Kier molecular flexibility index (Phi) is 2.88. The zero-order valence-corrected chi connectivity index (χ0v) is 9.91. The first-order valence-corrected chi connectivity index (χ1v) is 5.31. The first-order valence-electron chi connectivity index (χ1n) is 4.93. The van der Waals surface area contributed by atoms with Crippen LogP contribution in [0.25, 0.3) is 11.0 Å². The van der Waals surface area contributed by atoms with E-state index in [-0.39, 0.29) is 5.91 Å². The van der Waals surface area contributed by atoms with Crippen molar-refractivity contribution in [3.05, 3.63) is 35.0 Å². The fourth-order valence-electron chi connectivity index (χ4n) is 1.51. The number of carbonyl (C=O) groups excluding carboxylic acids is 1. The summed E-state index contributed by atoms with van der Waals surface area (Å²) in [5.41, 5.74) is 1.63. The highest BCUT2D eigenvalue weighted by molar-refractivity contribution is 6.31. The van der Waals surface area contributed by atoms with Crippen LogP contribution in [-0.4, -0.2) is 24.9 Å². The highest BCUT2D eigenvalue weighted by atomic mass is 35.5. The Balaban J connectivity index is 2.38. The average molecular weight is 238 g/mol. The first kappa shape index (κ1) is 11.0. The van der Waals surface area contributed by atoms with Crippen LogP contribution in [0, 0.1) is 0 Å². The fourth-order valence-corrected chi connectivity index (χ4v) is 1.68. The Labute approximate surface area is 98.6 Å². The molecule has 1 aromatic carbocycles. The number of hydrogen-bond donors (Lipinski definition) is 0. The lowest BCUT2D eigenvalue weighted by atomic mass is 10.1. The summed E-state index contributed by atoms with van der Waals surface area (Å²) >= 11 is 5.91. The van der Waals surface area contributed by atoms with Gasteiger partial charge in [-0.3, -0.25) is 4.79 Å². The summed E-state index contributed by atoms with van der Waals surface area (Å²) in [6.45, 7) is 0. The maximum Gasteiger partial charge on any atom is 0.226 e. The molecule has 0 saturated carbocycles. The van der Waals surface area contributed by atoms with E-state index in [0.29, 0.717) is 11.4 Å². The molecule has 0 aliphatic rings. The van der Waals surface area contributed by atoms with Gasteiger partial charge in [-0.25, -0.2) is 0 Å². The third kappa shape index (κ3) is 2.04. The highest BCUT2D eigenvalue weighted by Gasteiger charge is 2.11. The maximum atomic E-state index is 11.6. The van der Waals surface area contributed by atoms with E-state index in [2.05, 4.69) is 0 Å². The number of nitrogens with zero attached hydrogens (tertiary/aromatic N) is 1. The molecular formula is C12H12ClNO2. The second-order valence-corrected chi connectivity index (χ2v) is 4.30. The molecule has 16 heavy (non-hydrogen) atoms. The topological polar surface area (TPSA) is 33.5 Å². The van der Waals surface area contributed by atoms with Gasteiger partial charge in [-0.05, 0) is 18.2 Å². The number of rotatable bonds is 2. The van der Waals surface area contributed by atoms with E-state index in [4.69, 9.17) is 16.0 Å². The van der Waals surface area contributed by atoms with E-state index in [1.54, 1.807) is 37.4 Å². The van der Waals surface area contributed by atoms with Crippen molar-refractivity contribution in [1.82, 2.24) is 4.90 Å². The Bertz CT molecular complexity index is 531. The van der Waals surface area contributed by atoms with Gasteiger partial charge in [0.05, 0.1) is 12.7 Å². The van der Waals surface area contributed by atoms with E-state index >= 15 is 0 Å². The van der Waals surface area contributed by atoms with Crippen molar-refractivity contribution in [2.45, 2.75) is 6.42 Å². The number of furan rings is 1. The maximum absolute atomic E-state index is 11.6. The summed E-state index contributed by atoms with van der Waals surface area (Å²) < 4.78 is 5.36. The minimum absolute atomic E-state index is 0.0441. The monoisotopic (exact) mass is 237 g/mol. The number of benzene rings is 1. The second kappa shape index (κ2) is 4.18. The lowest BCUT2D eigenvalue weighted by Crippen LogP contribution is -2.23. The molecule has 0 aliphatic heterocycles. The summed E-state index contributed by atoms with van der Waals surface area (Å²) in [6, 6.07) is 5.39. The molecule has 0 spiro atoms. The van der Waals surface area contributed by atoms with Crippen LogP contribution in [0.3, 0.4) is 0 Å². The first-order chi connectivity index (χ1) is 7.58. The molecule has 3 nitrogen and oxygen atoms in total. The molecule has 0 aliphatic carbocycles. The predicted molar refractivity (Wildman–Crippen MR) is 63.6 cm³/mol. The van der Waals surface area contributed by atoms with Crippen molar-refractivity contribution in [2.24, 2.45) is 0 Å². The van der Waals surface area contributed by atoms with Gasteiger partial charge in [-0.15, -0.1) is 0 Å². The van der Waals surface area contributed by atoms with Crippen molar-refractivity contribution in [2.75, 3.05) is 14.1 Å². The number of carbonyl (C=O) groups is 1. The van der Waals surface area contributed by atoms with Crippen LogP contribution in [0.15, 0.2) is 28.9 Å². The van der Waals surface area contributed by atoms with Crippen molar-refractivity contribution in [3.63, 3.8) is 0 Å². The van der Waals surface area contributed by atoms with Gasteiger partial charge in [0.2, 0.25) is 5.91 Å². The molecule has 0 radical (unpaired) electrons. The average Bonchev–Trinajstić information content (AvgIpc) is 2.61. The van der Waals surface area contributed by atoms with Gasteiger partial charge in [0, 0.05) is 30.1 Å². The summed E-state index contributed by atoms with van der Waals surface area (Å²) in [4.78, 5) is 13.1. The molecule has 0 unspecified atom stereocenters. The van der Waals surface area contributed by atoms with Crippen molar-refractivity contribution in [3.8, 4) is 0 Å². The summed E-state index contributed by atoms with van der Waals surface area (Å²) in [7, 11) is 3.47. The molecule has 0 atom stereocenters. The molecule has 2 rings (SSSR count). The van der Waals surface area contributed by atoms with Crippen molar-refractivity contribution < 1.29 is 9.21 Å². The van der Waals surface area contributed by atoms with Gasteiger partial charge in [0.1, 0.15) is 5.58 Å². The van der Waals surface area contributed by atoms with Gasteiger partial charge >= 0.3 is 0 Å². The SMILES string of the molecule is CN(C)C(=O)Cc1coc2ccc(Cl)cc12. The number of fused-ring (bicyclic) bond motifs is 1. The van der Waals surface area contributed by atoms with Crippen LogP contribution in [0.4, 0.5) is 0 Å². The van der Waals surface area contributed by atoms with Crippen LogP contribution in [0.1, 0.15) is 5.56 Å². The molecule has 1 amide bonds. The molecular weight excluding hydrogens is 226 g/mol. The molecule has 0 fully saturated rings. The number of halogens is 1. The zero-order valence-electron chi connectivity index (χ0n) is 9.16. The van der Waals surface area contributed by atoms with Gasteiger partial charge < -0.3 is 9.32 Å². The highest BCUT2D eigenvalue weighted by Crippen LogP contribution is 2.25. The molecule has 0 N–H and O–H groups in total. The Morgan fingerprint density at radius 3 is 2.88 bits per heavy atom. The summed E-state index contributed by atoms with van der Waals surface area (Å²) in [5, 5.41) is 1.55. The standard InChI is InChI=1S/C12H12ClNO2/c1-14(2)12(15)5-8-7-16-11-4-3-9(13)6-10(8)11/h3-4,6-7H,5H2,1-2H3. The molecule has 84 valence electrons. The second-order valence-electron chi connectivity index (χ2n) is 3.87. The van der Waals surface area contributed by atoms with E-state index < -0.39 is 0 Å². The number of likely N-dealkylation sites (N-methyl/N-ethyl adjacent to an activating group) is 1. The molecule has 2 aromatic rings. The third-order valence-electron chi connectivity index (χ3n) is 2.46. The molecule has 0 bridgehead atoms. The minimum atomic E-state index is 0.0441. The van der Waals surface area contributed by atoms with E-state index in [9.17, 15) is 4.79 Å². The lowest BCUT2D eigenvalue weighted by molar-refractivity contribution is -0.127. The summed E-state index contributed by atoms with van der Waals surface area (Å²) in [6.07, 6.45) is 1.95. The Hall–Kier alpha value is -1.48. The van der Waals surface area contributed by atoms with Gasteiger partial charge in [-0.2, -0.15) is 0 Å². The van der Waals surface area contributed by atoms with Gasteiger partial charge in [-0.1, -0.05) is 11.6 Å². The van der Waals surface area contributed by atoms with Crippen molar-refractivity contribution in [1.29, 1.82) is 0 Å². The quantitative estimate of drug-likeness (QED) is 0.805. The van der Waals surface area contributed by atoms with Crippen LogP contribution in [0.2, 0.25) is 5.02 Å². The third-order valence-corrected chi connectivity index (χ3v) is 2.69. The van der Waals surface area contributed by atoms with Gasteiger partial charge in [0.25, 0.3) is 0 Å². The van der Waals surface area contributed by atoms with E-state index in [0.717, 1.165) is 16.5 Å². The fraction of sp³-hybridized carbons (Fsp3) is 0.250. The van der Waals surface area contributed by atoms with Gasteiger partial charge in [0.15, 0.2) is 0 Å². The Morgan fingerprint density at radius 1 is 1.44 bits per heavy atom. The molecule has 4 heteroatoms. The number of amides is 1. The zero-order chi connectivity index (χ0) is 11.7. The van der Waals surface area contributed by atoms with Crippen LogP contribution >= 0.6 is 11.6 Å². The van der Waals surface area contributed by atoms with Crippen LogP contribution < -0.4 is 0 Å². The van der Waals surface area contributed by atoms with Crippen molar-refractivity contribution >= 4 is 28.5 Å². The number of hydrogen-bond acceptors (Lipinski definition) is 2. The molecule has 0 saturated heterocycles. The summed E-state index contributed by atoms with van der Waals surface area (Å²) in [5.74, 6) is 0.0441. The molecule has 1 heterocycles. The largest absolute Gasteiger partial charge is 0.464 e. The van der Waals surface area contributed by atoms with Crippen LogP contribution in [-0.2, 0) is 11.2 Å². The smallest absolute Gasteiger partial charge is 0.226 e. The molecule has 1 aromatic heterocycles. The lowest BCUT2D eigenvalue weighted by Gasteiger charge is -2.08. The van der Waals surface area contributed by atoms with Crippen LogP contribution in [0.5, 0.6) is 0 Å². The normalized spacial score (nSPS) is 10.7. The van der Waals surface area contributed by atoms with E-state index in [1.165, 1.54) is 0 Å². The van der Waals surface area contributed by atoms with E-state index in [1.807, 2.05) is 6.07 Å². The Morgan fingerprint density at radius 2 is 2.19 bits per heavy atom. The minimum Gasteiger partial charge on any atom is -0.464 e. The predicted octanol–water partition coefficient (Wildman–Crippen LogP) is 2.72.